The Labute approximate surface area is 171 Å². The monoisotopic (exact) mass is 428 g/mol. The van der Waals surface area contributed by atoms with Crippen LogP contribution in [0.3, 0.4) is 0 Å². The molecular formula is C20H20ClF3N2O3. The van der Waals surface area contributed by atoms with E-state index in [0.717, 1.165) is 18.6 Å². The summed E-state index contributed by atoms with van der Waals surface area (Å²) in [6.45, 7) is 1.40. The fraction of sp³-hybridized carbons (Fsp3) is 0.350. The van der Waals surface area contributed by atoms with Crippen molar-refractivity contribution in [2.45, 2.75) is 19.1 Å². The number of likely N-dealkylation sites (N-methyl/N-ethyl adjacent to an activating group) is 1. The number of alkyl halides is 3. The molecule has 0 radical (unpaired) electrons. The Balaban J connectivity index is 1.58. The number of hydrogen-bond donors (Lipinski definition) is 1. The summed E-state index contributed by atoms with van der Waals surface area (Å²) in [4.78, 5) is 14.0. The quantitative estimate of drug-likeness (QED) is 0.756. The molecule has 0 atom stereocenters. The Bertz CT molecular complexity index is 873. The van der Waals surface area contributed by atoms with Crippen LogP contribution in [0.25, 0.3) is 0 Å². The maximum absolute atomic E-state index is 12.6. The van der Waals surface area contributed by atoms with E-state index in [1.54, 1.807) is 24.1 Å². The van der Waals surface area contributed by atoms with E-state index in [1.807, 2.05) is 0 Å². The summed E-state index contributed by atoms with van der Waals surface area (Å²) in [5.74, 6) is 0.737. The molecule has 0 saturated heterocycles. The zero-order chi connectivity index (χ0) is 21.0. The van der Waals surface area contributed by atoms with Crippen molar-refractivity contribution < 1.29 is 27.4 Å². The zero-order valence-electron chi connectivity index (χ0n) is 15.7. The first-order chi connectivity index (χ1) is 13.7. The lowest BCUT2D eigenvalue weighted by atomic mass is 10.1. The van der Waals surface area contributed by atoms with Crippen LogP contribution < -0.4 is 14.8 Å². The van der Waals surface area contributed by atoms with Crippen molar-refractivity contribution in [3.8, 4) is 11.5 Å². The average molecular weight is 429 g/mol. The van der Waals surface area contributed by atoms with Crippen LogP contribution in [0.5, 0.6) is 11.5 Å². The molecule has 5 nitrogen and oxygen atoms in total. The van der Waals surface area contributed by atoms with Crippen molar-refractivity contribution in [1.82, 2.24) is 4.90 Å². The minimum absolute atomic E-state index is 0.0335. The highest BCUT2D eigenvalue weighted by molar-refractivity contribution is 6.34. The average Bonchev–Trinajstić information content (AvgIpc) is 2.86. The van der Waals surface area contributed by atoms with Crippen LogP contribution in [0.2, 0.25) is 5.02 Å². The molecule has 0 unspecified atom stereocenters. The van der Waals surface area contributed by atoms with Crippen LogP contribution in [0.15, 0.2) is 36.4 Å². The van der Waals surface area contributed by atoms with Gasteiger partial charge in [-0.2, -0.15) is 13.2 Å². The van der Waals surface area contributed by atoms with Crippen LogP contribution in [0, 0.1) is 0 Å². The first-order valence-corrected chi connectivity index (χ1v) is 9.34. The first-order valence-electron chi connectivity index (χ1n) is 8.96. The van der Waals surface area contributed by atoms with Crippen molar-refractivity contribution in [2.75, 3.05) is 32.1 Å². The smallest absolute Gasteiger partial charge is 0.416 e. The molecule has 9 heteroatoms. The summed E-state index contributed by atoms with van der Waals surface area (Å²) in [6, 6.07) is 8.08. The van der Waals surface area contributed by atoms with E-state index in [1.165, 1.54) is 12.1 Å². The van der Waals surface area contributed by atoms with E-state index in [9.17, 15) is 18.0 Å². The number of nitrogens with one attached hydrogen (secondary N) is 1. The highest BCUT2D eigenvalue weighted by Gasteiger charge is 2.30. The summed E-state index contributed by atoms with van der Waals surface area (Å²) >= 11 is 6.22. The SMILES string of the molecule is CN(CC(=O)Nc1cc2c(cc1Cl)OCCCO2)Cc1ccc(C(F)(F)F)cc1. The summed E-state index contributed by atoms with van der Waals surface area (Å²) < 4.78 is 49.0. The van der Waals surface area contributed by atoms with Crippen LogP contribution in [-0.4, -0.2) is 37.6 Å². The van der Waals surface area contributed by atoms with E-state index in [0.29, 0.717) is 47.5 Å². The molecule has 1 aliphatic rings. The van der Waals surface area contributed by atoms with Crippen molar-refractivity contribution in [2.24, 2.45) is 0 Å². The molecule has 0 aromatic heterocycles. The van der Waals surface area contributed by atoms with Gasteiger partial charge in [-0.1, -0.05) is 23.7 Å². The molecule has 0 aliphatic carbocycles. The number of amides is 1. The summed E-state index contributed by atoms with van der Waals surface area (Å²) in [5.41, 5.74) is 0.372. The number of halogens is 4. The molecule has 1 aliphatic heterocycles. The minimum Gasteiger partial charge on any atom is -0.490 e. The van der Waals surface area contributed by atoms with Crippen LogP contribution in [-0.2, 0) is 17.5 Å². The van der Waals surface area contributed by atoms with Crippen LogP contribution in [0.1, 0.15) is 17.5 Å². The minimum atomic E-state index is -4.37. The van der Waals surface area contributed by atoms with Gasteiger partial charge in [0.1, 0.15) is 0 Å². The standard InChI is InChI=1S/C20H20ClF3N2O3/c1-26(11-13-3-5-14(6-4-13)20(22,23)24)12-19(27)25-16-10-18-17(9-15(16)21)28-7-2-8-29-18/h3-6,9-10H,2,7-8,11-12H2,1H3,(H,25,27). The van der Waals surface area contributed by atoms with Crippen molar-refractivity contribution in [3.05, 3.63) is 52.5 Å². The second-order valence-electron chi connectivity index (χ2n) is 6.74. The Morgan fingerprint density at radius 3 is 2.38 bits per heavy atom. The molecule has 0 fully saturated rings. The Morgan fingerprint density at radius 1 is 1.14 bits per heavy atom. The van der Waals surface area contributed by atoms with Gasteiger partial charge >= 0.3 is 6.18 Å². The van der Waals surface area contributed by atoms with E-state index in [-0.39, 0.29) is 12.5 Å². The normalized spacial score (nSPS) is 13.9. The highest BCUT2D eigenvalue weighted by atomic mass is 35.5. The molecule has 3 rings (SSSR count). The van der Waals surface area contributed by atoms with Gasteiger partial charge in [0.05, 0.1) is 36.0 Å². The second kappa shape index (κ2) is 8.92. The molecule has 1 amide bonds. The van der Waals surface area contributed by atoms with E-state index >= 15 is 0 Å². The lowest BCUT2D eigenvalue weighted by molar-refractivity contribution is -0.137. The number of rotatable bonds is 5. The highest BCUT2D eigenvalue weighted by Crippen LogP contribution is 2.37. The van der Waals surface area contributed by atoms with Gasteiger partial charge in [-0.05, 0) is 24.7 Å². The molecular weight excluding hydrogens is 409 g/mol. The number of ether oxygens (including phenoxy) is 2. The third-order valence-corrected chi connectivity index (χ3v) is 4.57. The molecule has 0 spiro atoms. The molecule has 2 aromatic carbocycles. The number of anilines is 1. The molecule has 2 aromatic rings. The van der Waals surface area contributed by atoms with Gasteiger partial charge < -0.3 is 14.8 Å². The lowest BCUT2D eigenvalue weighted by Crippen LogP contribution is -2.30. The molecule has 156 valence electrons. The molecule has 0 saturated carbocycles. The summed E-state index contributed by atoms with van der Waals surface area (Å²) in [6.07, 6.45) is -3.62. The largest absolute Gasteiger partial charge is 0.490 e. The number of nitrogens with zero attached hydrogens (tertiary/aromatic N) is 1. The lowest BCUT2D eigenvalue weighted by Gasteiger charge is -2.18. The predicted octanol–water partition coefficient (Wildman–Crippen LogP) is 4.59. The molecule has 29 heavy (non-hydrogen) atoms. The van der Waals surface area contributed by atoms with Crippen molar-refractivity contribution >= 4 is 23.2 Å². The van der Waals surface area contributed by atoms with E-state index in [2.05, 4.69) is 5.32 Å². The van der Waals surface area contributed by atoms with Crippen molar-refractivity contribution in [1.29, 1.82) is 0 Å². The van der Waals surface area contributed by atoms with Gasteiger partial charge in [-0.3, -0.25) is 9.69 Å². The number of carbonyl (C=O) groups excluding carboxylic acids is 1. The maximum atomic E-state index is 12.6. The fourth-order valence-electron chi connectivity index (χ4n) is 2.88. The Kier molecular flexibility index (Phi) is 6.54. The van der Waals surface area contributed by atoms with E-state index < -0.39 is 11.7 Å². The summed E-state index contributed by atoms with van der Waals surface area (Å²) in [5, 5.41) is 3.06. The molecule has 0 bridgehead atoms. The molecule has 1 heterocycles. The van der Waals surface area contributed by atoms with E-state index in [4.69, 9.17) is 21.1 Å². The summed E-state index contributed by atoms with van der Waals surface area (Å²) in [7, 11) is 1.70. The third kappa shape index (κ3) is 5.77. The van der Waals surface area contributed by atoms with Gasteiger partial charge in [0, 0.05) is 25.1 Å². The third-order valence-electron chi connectivity index (χ3n) is 4.26. The zero-order valence-corrected chi connectivity index (χ0v) is 16.4. The van der Waals surface area contributed by atoms with Crippen LogP contribution >= 0.6 is 11.6 Å². The number of fused-ring (bicyclic) bond motifs is 1. The van der Waals surface area contributed by atoms with Gasteiger partial charge in [0.25, 0.3) is 0 Å². The number of benzene rings is 2. The van der Waals surface area contributed by atoms with Gasteiger partial charge in [-0.25, -0.2) is 0 Å². The van der Waals surface area contributed by atoms with Crippen LogP contribution in [0.4, 0.5) is 18.9 Å². The first kappa shape index (κ1) is 21.3. The van der Waals surface area contributed by atoms with Gasteiger partial charge in [0.2, 0.25) is 5.91 Å². The Morgan fingerprint density at radius 2 is 1.76 bits per heavy atom. The fourth-order valence-corrected chi connectivity index (χ4v) is 3.08. The number of hydrogen-bond acceptors (Lipinski definition) is 4. The topological polar surface area (TPSA) is 50.8 Å². The predicted molar refractivity (Wildman–Crippen MR) is 103 cm³/mol. The van der Waals surface area contributed by atoms with Crippen molar-refractivity contribution in [3.63, 3.8) is 0 Å². The molecule has 1 N–H and O–H groups in total. The maximum Gasteiger partial charge on any atom is 0.416 e. The Hall–Kier alpha value is -2.45. The second-order valence-corrected chi connectivity index (χ2v) is 7.15. The number of carbonyl (C=O) groups is 1. The van der Waals surface area contributed by atoms with Gasteiger partial charge in [-0.15, -0.1) is 0 Å². The van der Waals surface area contributed by atoms with Gasteiger partial charge in [0.15, 0.2) is 11.5 Å².